The van der Waals surface area contributed by atoms with Crippen LogP contribution < -0.4 is 5.32 Å². The fraction of sp³-hybridized carbons (Fsp3) is 0.550. The molecule has 0 saturated heterocycles. The second kappa shape index (κ2) is 7.06. The maximum Gasteiger partial charge on any atom is 0.237 e. The molecule has 2 aliphatic carbocycles. The summed E-state index contributed by atoms with van der Waals surface area (Å²) in [5.41, 5.74) is 2.07. The van der Waals surface area contributed by atoms with Gasteiger partial charge in [0.1, 0.15) is 5.82 Å². The van der Waals surface area contributed by atoms with Crippen LogP contribution in [0, 0.1) is 0 Å². The molecule has 1 N–H and O–H groups in total. The Hall–Kier alpha value is -1.82. The van der Waals surface area contributed by atoms with Gasteiger partial charge in [-0.25, -0.2) is 0 Å². The van der Waals surface area contributed by atoms with Gasteiger partial charge in [-0.3, -0.25) is 4.79 Å². The van der Waals surface area contributed by atoms with Gasteiger partial charge >= 0.3 is 0 Å². The summed E-state index contributed by atoms with van der Waals surface area (Å²) in [5, 5.41) is 12.6. The van der Waals surface area contributed by atoms with Crippen LogP contribution in [0.3, 0.4) is 0 Å². The van der Waals surface area contributed by atoms with Gasteiger partial charge in [0.05, 0.1) is 5.25 Å². The van der Waals surface area contributed by atoms with Gasteiger partial charge in [0.2, 0.25) is 5.91 Å². The summed E-state index contributed by atoms with van der Waals surface area (Å²) in [5.74, 6) is 2.10. The highest BCUT2D eigenvalue weighted by Crippen LogP contribution is 2.46. The SMILES string of the molecule is CC(Sc1nnc(C2CC2)n1C1CC1)C(=O)Nc1ccccc1C(C)C. The number of amides is 1. The van der Waals surface area contributed by atoms with Crippen molar-refractivity contribution in [2.75, 3.05) is 5.32 Å². The van der Waals surface area contributed by atoms with Gasteiger partial charge in [-0.15, -0.1) is 10.2 Å². The highest BCUT2D eigenvalue weighted by atomic mass is 32.2. The van der Waals surface area contributed by atoms with Gasteiger partial charge < -0.3 is 9.88 Å². The molecule has 2 saturated carbocycles. The van der Waals surface area contributed by atoms with Crippen LogP contribution in [0.25, 0.3) is 0 Å². The van der Waals surface area contributed by atoms with E-state index in [1.807, 2.05) is 25.1 Å². The molecule has 4 rings (SSSR count). The van der Waals surface area contributed by atoms with Gasteiger partial charge in [0.15, 0.2) is 5.16 Å². The van der Waals surface area contributed by atoms with Crippen LogP contribution in [-0.4, -0.2) is 25.9 Å². The van der Waals surface area contributed by atoms with Crippen molar-refractivity contribution in [1.29, 1.82) is 0 Å². The van der Waals surface area contributed by atoms with Crippen molar-refractivity contribution in [3.63, 3.8) is 0 Å². The van der Waals surface area contributed by atoms with E-state index in [9.17, 15) is 4.79 Å². The van der Waals surface area contributed by atoms with Gasteiger partial charge in [-0.05, 0) is 50.2 Å². The van der Waals surface area contributed by atoms with Crippen molar-refractivity contribution in [3.05, 3.63) is 35.7 Å². The molecule has 1 aromatic carbocycles. The predicted octanol–water partition coefficient (Wildman–Crippen LogP) is 4.73. The van der Waals surface area contributed by atoms with E-state index in [1.165, 1.54) is 37.4 Å². The molecular formula is C20H26N4OS. The average molecular weight is 371 g/mol. The molecular weight excluding hydrogens is 344 g/mol. The van der Waals surface area contributed by atoms with Crippen LogP contribution in [0.5, 0.6) is 0 Å². The quantitative estimate of drug-likeness (QED) is 0.716. The molecule has 1 atom stereocenters. The third-order valence-electron chi connectivity index (χ3n) is 5.04. The number of aromatic nitrogens is 3. The molecule has 1 heterocycles. The number of nitrogens with zero attached hydrogens (tertiary/aromatic N) is 3. The lowest BCUT2D eigenvalue weighted by Gasteiger charge is -2.16. The maximum atomic E-state index is 12.8. The van der Waals surface area contributed by atoms with Crippen molar-refractivity contribution in [2.24, 2.45) is 0 Å². The van der Waals surface area contributed by atoms with Crippen LogP contribution in [-0.2, 0) is 4.79 Å². The normalized spacial score (nSPS) is 18.2. The van der Waals surface area contributed by atoms with Gasteiger partial charge in [0, 0.05) is 17.6 Å². The molecule has 1 unspecified atom stereocenters. The lowest BCUT2D eigenvalue weighted by molar-refractivity contribution is -0.115. The minimum atomic E-state index is -0.219. The van der Waals surface area contributed by atoms with Crippen molar-refractivity contribution in [1.82, 2.24) is 14.8 Å². The fourth-order valence-electron chi connectivity index (χ4n) is 3.22. The Morgan fingerprint density at radius 2 is 1.88 bits per heavy atom. The fourth-order valence-corrected chi connectivity index (χ4v) is 4.15. The standard InChI is InChI=1S/C20H26N4OS/c1-12(2)16-6-4-5-7-17(16)21-19(25)13(3)26-20-23-22-18(14-8-9-14)24(20)15-10-11-15/h4-7,12-15H,8-11H2,1-3H3,(H,21,25). The number of carbonyl (C=O) groups is 1. The van der Waals surface area contributed by atoms with Gasteiger partial charge in [-0.1, -0.05) is 43.8 Å². The summed E-state index contributed by atoms with van der Waals surface area (Å²) in [6, 6.07) is 8.57. The van der Waals surface area contributed by atoms with E-state index in [-0.39, 0.29) is 11.2 Å². The monoisotopic (exact) mass is 370 g/mol. The minimum absolute atomic E-state index is 0.0152. The minimum Gasteiger partial charge on any atom is -0.325 e. The highest BCUT2D eigenvalue weighted by Gasteiger charge is 2.37. The smallest absolute Gasteiger partial charge is 0.237 e. The van der Waals surface area contributed by atoms with E-state index >= 15 is 0 Å². The van der Waals surface area contributed by atoms with E-state index in [2.05, 4.69) is 40.0 Å². The Bertz CT molecular complexity index is 808. The summed E-state index contributed by atoms with van der Waals surface area (Å²) in [7, 11) is 0. The number of rotatable bonds is 7. The van der Waals surface area contributed by atoms with Crippen molar-refractivity contribution >= 4 is 23.4 Å². The van der Waals surface area contributed by atoms with Crippen LogP contribution in [0.1, 0.15) is 75.7 Å². The molecule has 2 fully saturated rings. The van der Waals surface area contributed by atoms with E-state index in [4.69, 9.17) is 0 Å². The molecule has 2 aromatic rings. The molecule has 5 nitrogen and oxygen atoms in total. The van der Waals surface area contributed by atoms with Crippen molar-refractivity contribution in [3.8, 4) is 0 Å². The number of thioether (sulfide) groups is 1. The summed E-state index contributed by atoms with van der Waals surface area (Å²) in [6.07, 6.45) is 4.84. The van der Waals surface area contributed by atoms with Gasteiger partial charge in [0.25, 0.3) is 0 Å². The number of para-hydroxylation sites is 1. The number of anilines is 1. The van der Waals surface area contributed by atoms with Crippen LogP contribution in [0.4, 0.5) is 5.69 Å². The number of hydrogen-bond donors (Lipinski definition) is 1. The lowest BCUT2D eigenvalue weighted by atomic mass is 10.0. The van der Waals surface area contributed by atoms with Gasteiger partial charge in [-0.2, -0.15) is 0 Å². The number of hydrogen-bond acceptors (Lipinski definition) is 4. The second-order valence-corrected chi connectivity index (χ2v) is 9.02. The van der Waals surface area contributed by atoms with Crippen LogP contribution >= 0.6 is 11.8 Å². The van der Waals surface area contributed by atoms with Crippen molar-refractivity contribution < 1.29 is 4.79 Å². The third kappa shape index (κ3) is 3.65. The third-order valence-corrected chi connectivity index (χ3v) is 6.09. The van der Waals surface area contributed by atoms with Crippen LogP contribution in [0.2, 0.25) is 0 Å². The Balaban J connectivity index is 1.47. The van der Waals surface area contributed by atoms with E-state index in [0.29, 0.717) is 17.9 Å². The molecule has 0 spiro atoms. The molecule has 6 heteroatoms. The Kier molecular flexibility index (Phi) is 4.78. The first-order chi connectivity index (χ1) is 12.5. The zero-order valence-electron chi connectivity index (χ0n) is 15.6. The highest BCUT2D eigenvalue weighted by molar-refractivity contribution is 8.00. The Labute approximate surface area is 159 Å². The summed E-state index contributed by atoms with van der Waals surface area (Å²) in [6.45, 7) is 6.22. The Morgan fingerprint density at radius 1 is 1.15 bits per heavy atom. The molecule has 2 aliphatic rings. The van der Waals surface area contributed by atoms with E-state index in [0.717, 1.165) is 22.2 Å². The molecule has 26 heavy (non-hydrogen) atoms. The first-order valence-electron chi connectivity index (χ1n) is 9.55. The van der Waals surface area contributed by atoms with E-state index < -0.39 is 0 Å². The number of benzene rings is 1. The molecule has 1 aromatic heterocycles. The largest absolute Gasteiger partial charge is 0.325 e. The predicted molar refractivity (Wildman–Crippen MR) is 105 cm³/mol. The number of carbonyl (C=O) groups excluding carboxylic acids is 1. The first-order valence-corrected chi connectivity index (χ1v) is 10.4. The summed E-state index contributed by atoms with van der Waals surface area (Å²) < 4.78 is 2.30. The zero-order valence-corrected chi connectivity index (χ0v) is 16.4. The summed E-state index contributed by atoms with van der Waals surface area (Å²) >= 11 is 1.52. The molecule has 1 amide bonds. The maximum absolute atomic E-state index is 12.8. The Morgan fingerprint density at radius 3 is 2.54 bits per heavy atom. The molecule has 0 bridgehead atoms. The summed E-state index contributed by atoms with van der Waals surface area (Å²) in [4.78, 5) is 12.8. The van der Waals surface area contributed by atoms with E-state index in [1.54, 1.807) is 0 Å². The van der Waals surface area contributed by atoms with Crippen molar-refractivity contribution in [2.45, 2.75) is 74.7 Å². The zero-order chi connectivity index (χ0) is 18.3. The molecule has 0 aliphatic heterocycles. The molecule has 0 radical (unpaired) electrons. The first kappa shape index (κ1) is 17.6. The second-order valence-electron chi connectivity index (χ2n) is 7.71. The average Bonchev–Trinajstić information content (AvgIpc) is 3.54. The lowest BCUT2D eigenvalue weighted by Crippen LogP contribution is -2.23. The van der Waals surface area contributed by atoms with Crippen LogP contribution in [0.15, 0.2) is 29.4 Å². The molecule has 138 valence electrons. The number of nitrogens with one attached hydrogen (secondary N) is 1. The topological polar surface area (TPSA) is 59.8 Å².